The quantitative estimate of drug-likeness (QED) is 0.621. The minimum atomic E-state index is -1.85. The van der Waals surface area contributed by atoms with Crippen LogP contribution in [0.4, 0.5) is 10.1 Å². The van der Waals surface area contributed by atoms with Crippen molar-refractivity contribution < 1.29 is 38.1 Å². The number of benzene rings is 2. The van der Waals surface area contributed by atoms with Gasteiger partial charge in [-0.1, -0.05) is 18.5 Å². The van der Waals surface area contributed by atoms with Crippen molar-refractivity contribution in [2.24, 2.45) is 5.92 Å². The second-order valence-electron chi connectivity index (χ2n) is 7.73. The predicted octanol–water partition coefficient (Wildman–Crippen LogP) is 4.11. The summed E-state index contributed by atoms with van der Waals surface area (Å²) in [6.07, 6.45) is 1.36. The van der Waals surface area contributed by atoms with Crippen molar-refractivity contribution in [2.75, 3.05) is 19.5 Å². The number of carbonyl (C=O) groups excluding carboxylic acids is 2. The second-order valence-corrected chi connectivity index (χ2v) is 8.10. The predicted molar refractivity (Wildman–Crippen MR) is 116 cm³/mol. The number of hydrogen-bond donors (Lipinski definition) is 2. The number of anilines is 1. The molecule has 1 aliphatic carbocycles. The molecule has 0 saturated heterocycles. The van der Waals surface area contributed by atoms with Gasteiger partial charge in [-0.05, 0) is 24.6 Å². The number of carboxylic acids is 1. The molecule has 10 heteroatoms. The van der Waals surface area contributed by atoms with E-state index in [9.17, 15) is 23.9 Å². The minimum absolute atomic E-state index is 0.00886. The number of fused-ring (bicyclic) bond motifs is 1. The Hall–Kier alpha value is -3.59. The number of carboxylic acid groups (broad SMARTS) is 1. The lowest BCUT2D eigenvalue weighted by atomic mass is 9.74. The van der Waals surface area contributed by atoms with Crippen LogP contribution in [0, 0.1) is 11.7 Å². The molecule has 2 aliphatic rings. The van der Waals surface area contributed by atoms with E-state index in [1.165, 1.54) is 32.4 Å². The van der Waals surface area contributed by atoms with Crippen molar-refractivity contribution in [1.29, 1.82) is 0 Å². The normalized spacial score (nSPS) is 21.4. The molecule has 1 spiro atoms. The third-order valence-corrected chi connectivity index (χ3v) is 6.18. The Labute approximate surface area is 192 Å². The molecule has 2 atom stereocenters. The van der Waals surface area contributed by atoms with Crippen LogP contribution in [-0.2, 0) is 4.79 Å². The van der Waals surface area contributed by atoms with Gasteiger partial charge in [-0.3, -0.25) is 9.59 Å². The van der Waals surface area contributed by atoms with Gasteiger partial charge in [0.2, 0.25) is 17.2 Å². The first-order valence-electron chi connectivity index (χ1n) is 9.87. The Balaban J connectivity index is 1.73. The molecule has 0 fully saturated rings. The van der Waals surface area contributed by atoms with Crippen LogP contribution in [0.25, 0.3) is 0 Å². The van der Waals surface area contributed by atoms with Crippen LogP contribution in [0.3, 0.4) is 0 Å². The lowest BCUT2D eigenvalue weighted by Crippen LogP contribution is -2.55. The van der Waals surface area contributed by atoms with E-state index in [1.54, 1.807) is 6.92 Å². The van der Waals surface area contributed by atoms with E-state index in [2.05, 4.69) is 5.32 Å². The smallest absolute Gasteiger partial charge is 0.337 e. The molecule has 0 bridgehead atoms. The molecule has 2 aromatic rings. The van der Waals surface area contributed by atoms with Gasteiger partial charge in [-0.15, -0.1) is 0 Å². The zero-order chi connectivity index (χ0) is 24.1. The number of hydrogen-bond acceptors (Lipinski definition) is 7. The van der Waals surface area contributed by atoms with Gasteiger partial charge in [-0.25, -0.2) is 9.18 Å². The number of ether oxygens (including phenoxy) is 3. The average molecular weight is 476 g/mol. The van der Waals surface area contributed by atoms with Crippen molar-refractivity contribution in [1.82, 2.24) is 0 Å². The highest BCUT2D eigenvalue weighted by Gasteiger charge is 2.60. The van der Waals surface area contributed by atoms with Gasteiger partial charge in [0.1, 0.15) is 27.9 Å². The third-order valence-electron chi connectivity index (χ3n) is 5.82. The fourth-order valence-corrected chi connectivity index (χ4v) is 4.46. The Bertz CT molecular complexity index is 1240. The van der Waals surface area contributed by atoms with Gasteiger partial charge >= 0.3 is 5.97 Å². The maximum Gasteiger partial charge on any atom is 0.337 e. The average Bonchev–Trinajstić information content (AvgIpc) is 3.09. The van der Waals surface area contributed by atoms with Crippen molar-refractivity contribution in [3.8, 4) is 17.2 Å². The van der Waals surface area contributed by atoms with E-state index in [-0.39, 0.29) is 45.5 Å². The number of Topliss-reactive ketones (excluding diaryl/α,β-unsaturated/α-hetero) is 1. The fourth-order valence-electron chi connectivity index (χ4n) is 4.19. The third kappa shape index (κ3) is 3.39. The highest BCUT2D eigenvalue weighted by atomic mass is 35.5. The first kappa shape index (κ1) is 22.6. The molecule has 33 heavy (non-hydrogen) atoms. The van der Waals surface area contributed by atoms with Crippen LogP contribution in [0.1, 0.15) is 34.1 Å². The highest BCUT2D eigenvalue weighted by molar-refractivity contribution is 6.36. The fraction of sp³-hybridized carbons (Fsp3) is 0.261. The van der Waals surface area contributed by atoms with E-state index in [1.807, 2.05) is 0 Å². The maximum absolute atomic E-state index is 13.5. The Morgan fingerprint density at radius 2 is 1.94 bits per heavy atom. The van der Waals surface area contributed by atoms with Crippen LogP contribution in [0.5, 0.6) is 17.2 Å². The van der Waals surface area contributed by atoms with Gasteiger partial charge in [0.05, 0.1) is 25.5 Å². The zero-order valence-electron chi connectivity index (χ0n) is 17.8. The van der Waals surface area contributed by atoms with Crippen molar-refractivity contribution in [3.05, 3.63) is 58.0 Å². The zero-order valence-corrected chi connectivity index (χ0v) is 18.6. The van der Waals surface area contributed by atoms with Crippen LogP contribution < -0.4 is 19.5 Å². The summed E-state index contributed by atoms with van der Waals surface area (Å²) in [4.78, 5) is 38.2. The summed E-state index contributed by atoms with van der Waals surface area (Å²) in [6, 6.07) is 4.70. The van der Waals surface area contributed by atoms with Gasteiger partial charge in [-0.2, -0.15) is 0 Å². The van der Waals surface area contributed by atoms with Gasteiger partial charge in [0, 0.05) is 23.8 Å². The number of carbonyl (C=O) groups is 3. The molecule has 0 aromatic heterocycles. The molecular formula is C23H19ClFNO7. The van der Waals surface area contributed by atoms with E-state index in [4.69, 9.17) is 25.8 Å². The Morgan fingerprint density at radius 3 is 2.55 bits per heavy atom. The SMILES string of the molecule is COc1cc(OC)c2c(c1Cl)O[C@@]1(C(=O)C=C(Nc3ccc(F)cc3C(=O)O)C[C@H]1C)C2=O. The summed E-state index contributed by atoms with van der Waals surface area (Å²) in [7, 11) is 2.77. The molecule has 0 unspecified atom stereocenters. The number of rotatable bonds is 5. The van der Waals surface area contributed by atoms with E-state index in [0.29, 0.717) is 5.70 Å². The summed E-state index contributed by atoms with van der Waals surface area (Å²) >= 11 is 6.36. The summed E-state index contributed by atoms with van der Waals surface area (Å²) in [5, 5.41) is 12.3. The molecule has 1 aliphatic heterocycles. The Kier molecular flexibility index (Phi) is 5.53. The maximum atomic E-state index is 13.5. The second kappa shape index (κ2) is 8.08. The topological polar surface area (TPSA) is 111 Å². The van der Waals surface area contributed by atoms with E-state index < -0.39 is 34.9 Å². The van der Waals surface area contributed by atoms with Crippen molar-refractivity contribution in [2.45, 2.75) is 18.9 Å². The van der Waals surface area contributed by atoms with Gasteiger partial charge < -0.3 is 24.6 Å². The lowest BCUT2D eigenvalue weighted by molar-refractivity contribution is -0.129. The number of ketones is 2. The van der Waals surface area contributed by atoms with Crippen LogP contribution >= 0.6 is 11.6 Å². The van der Waals surface area contributed by atoms with Gasteiger partial charge in [0.25, 0.3) is 0 Å². The van der Waals surface area contributed by atoms with Crippen molar-refractivity contribution >= 4 is 34.8 Å². The molecule has 0 radical (unpaired) electrons. The number of allylic oxidation sites excluding steroid dienone is 1. The molecule has 0 amide bonds. The first-order valence-corrected chi connectivity index (χ1v) is 10.2. The summed E-state index contributed by atoms with van der Waals surface area (Å²) in [5.74, 6) is -3.51. The summed E-state index contributed by atoms with van der Waals surface area (Å²) in [6.45, 7) is 1.66. The highest BCUT2D eigenvalue weighted by Crippen LogP contribution is 2.53. The molecule has 1 heterocycles. The van der Waals surface area contributed by atoms with Crippen molar-refractivity contribution in [3.63, 3.8) is 0 Å². The van der Waals surface area contributed by atoms with Crippen LogP contribution in [-0.4, -0.2) is 42.5 Å². The molecule has 0 saturated carbocycles. The molecule has 4 rings (SSSR count). The summed E-state index contributed by atoms with van der Waals surface area (Å²) in [5.41, 5.74) is -1.62. The molecule has 2 N–H and O–H groups in total. The van der Waals surface area contributed by atoms with Gasteiger partial charge in [0.15, 0.2) is 5.75 Å². The van der Waals surface area contributed by atoms with E-state index >= 15 is 0 Å². The number of halogens is 2. The molecule has 2 aromatic carbocycles. The van der Waals surface area contributed by atoms with E-state index in [0.717, 1.165) is 12.1 Å². The molecule has 8 nitrogen and oxygen atoms in total. The van der Waals surface area contributed by atoms with Crippen LogP contribution in [0.2, 0.25) is 5.02 Å². The first-order chi connectivity index (χ1) is 15.6. The number of aromatic carboxylic acids is 1. The summed E-state index contributed by atoms with van der Waals surface area (Å²) < 4.78 is 30.0. The van der Waals surface area contributed by atoms with Crippen LogP contribution in [0.15, 0.2) is 36.0 Å². The lowest BCUT2D eigenvalue weighted by Gasteiger charge is -2.35. The molecule has 172 valence electrons. The largest absolute Gasteiger partial charge is 0.496 e. The molecular weight excluding hydrogens is 457 g/mol. The monoisotopic (exact) mass is 475 g/mol. The standard InChI is InChI=1S/C23H19ClFNO7/c1-10-6-12(26-14-5-4-11(25)7-13(14)22(29)30)8-17(27)23(10)21(28)18-15(31-2)9-16(32-3)19(24)20(18)33-23/h4-5,7-10,26H,6H2,1-3H3,(H,29,30)/t10-,23+/m1/s1. The number of nitrogens with one attached hydrogen (secondary N) is 1. The number of methoxy groups -OCH3 is 2. The Morgan fingerprint density at radius 1 is 1.24 bits per heavy atom. The minimum Gasteiger partial charge on any atom is -0.496 e.